The number of carbonyl (C=O) groups is 2. The highest BCUT2D eigenvalue weighted by Gasteiger charge is 2.55. The van der Waals surface area contributed by atoms with E-state index in [0.717, 1.165) is 18.4 Å². The summed E-state index contributed by atoms with van der Waals surface area (Å²) in [6, 6.07) is 3.43. The molecule has 2 heterocycles. The molecule has 2 amide bonds. The van der Waals surface area contributed by atoms with Crippen LogP contribution in [0, 0.1) is 11.3 Å². The minimum Gasteiger partial charge on any atom is -0.481 e. The Bertz CT molecular complexity index is 636. The Morgan fingerprint density at radius 3 is 3.08 bits per heavy atom. The van der Waals surface area contributed by atoms with Crippen molar-refractivity contribution in [1.82, 2.24) is 15.2 Å². The molecule has 3 rings (SSSR count). The molecule has 0 radical (unpaired) electrons. The fourth-order valence-electron chi connectivity index (χ4n) is 3.90. The van der Waals surface area contributed by atoms with Gasteiger partial charge in [0, 0.05) is 31.4 Å². The predicted molar refractivity (Wildman–Crippen MR) is 86.6 cm³/mol. The zero-order chi connectivity index (χ0) is 17.2. The van der Waals surface area contributed by atoms with E-state index in [1.165, 1.54) is 0 Å². The van der Waals surface area contributed by atoms with Crippen molar-refractivity contribution in [3.63, 3.8) is 0 Å². The van der Waals surface area contributed by atoms with E-state index in [4.69, 9.17) is 4.74 Å². The SMILES string of the molecule is CCOc1ncccc1CNC(=O)N1C[C@@H]2CCC[C@@]2(C(=O)O)C1. The van der Waals surface area contributed by atoms with Gasteiger partial charge in [-0.3, -0.25) is 4.79 Å². The van der Waals surface area contributed by atoms with Gasteiger partial charge in [0.1, 0.15) is 0 Å². The van der Waals surface area contributed by atoms with Crippen molar-refractivity contribution in [3.05, 3.63) is 23.9 Å². The molecular weight excluding hydrogens is 310 g/mol. The number of carboxylic acids is 1. The minimum absolute atomic E-state index is 0.0677. The number of carboxylic acid groups (broad SMARTS) is 1. The van der Waals surface area contributed by atoms with Crippen LogP contribution >= 0.6 is 0 Å². The highest BCUT2D eigenvalue weighted by molar-refractivity contribution is 5.80. The number of hydrogen-bond donors (Lipinski definition) is 2. The molecule has 1 aliphatic heterocycles. The Kier molecular flexibility index (Phi) is 4.59. The Hall–Kier alpha value is -2.31. The second-order valence-corrected chi connectivity index (χ2v) is 6.49. The molecule has 0 unspecified atom stereocenters. The van der Waals surface area contributed by atoms with Gasteiger partial charge in [0.25, 0.3) is 0 Å². The van der Waals surface area contributed by atoms with Gasteiger partial charge in [-0.2, -0.15) is 0 Å². The second-order valence-electron chi connectivity index (χ2n) is 6.49. The summed E-state index contributed by atoms with van der Waals surface area (Å²) in [5.41, 5.74) is 0.0577. The molecule has 0 bridgehead atoms. The molecule has 1 aliphatic carbocycles. The molecule has 1 saturated carbocycles. The number of hydrogen-bond acceptors (Lipinski definition) is 4. The monoisotopic (exact) mass is 333 g/mol. The van der Waals surface area contributed by atoms with Gasteiger partial charge in [-0.25, -0.2) is 9.78 Å². The van der Waals surface area contributed by atoms with Crippen LogP contribution in [0.1, 0.15) is 31.7 Å². The quantitative estimate of drug-likeness (QED) is 0.858. The summed E-state index contributed by atoms with van der Waals surface area (Å²) < 4.78 is 5.45. The first-order valence-corrected chi connectivity index (χ1v) is 8.39. The third kappa shape index (κ3) is 2.90. The number of nitrogens with one attached hydrogen (secondary N) is 1. The lowest BCUT2D eigenvalue weighted by molar-refractivity contribution is -0.149. The maximum Gasteiger partial charge on any atom is 0.317 e. The highest BCUT2D eigenvalue weighted by Crippen LogP contribution is 2.48. The molecule has 2 atom stereocenters. The van der Waals surface area contributed by atoms with Gasteiger partial charge in [0.15, 0.2) is 0 Å². The summed E-state index contributed by atoms with van der Waals surface area (Å²) in [5, 5.41) is 12.5. The molecule has 1 aromatic heterocycles. The molecule has 1 saturated heterocycles. The fourth-order valence-corrected chi connectivity index (χ4v) is 3.90. The van der Waals surface area contributed by atoms with Gasteiger partial charge in [0.2, 0.25) is 5.88 Å². The Labute approximate surface area is 141 Å². The summed E-state index contributed by atoms with van der Waals surface area (Å²) in [6.45, 7) is 3.51. The second kappa shape index (κ2) is 6.67. The van der Waals surface area contributed by atoms with Gasteiger partial charge in [-0.15, -0.1) is 0 Å². The third-order valence-electron chi connectivity index (χ3n) is 5.14. The lowest BCUT2D eigenvalue weighted by Gasteiger charge is -2.23. The lowest BCUT2D eigenvalue weighted by atomic mass is 9.81. The van der Waals surface area contributed by atoms with Gasteiger partial charge < -0.3 is 20.1 Å². The van der Waals surface area contributed by atoms with Crippen LogP contribution in [0.4, 0.5) is 4.79 Å². The van der Waals surface area contributed by atoms with Crippen LogP contribution < -0.4 is 10.1 Å². The third-order valence-corrected chi connectivity index (χ3v) is 5.14. The largest absolute Gasteiger partial charge is 0.481 e. The van der Waals surface area contributed by atoms with Crippen molar-refractivity contribution in [2.24, 2.45) is 11.3 Å². The van der Waals surface area contributed by atoms with E-state index in [2.05, 4.69) is 10.3 Å². The summed E-state index contributed by atoms with van der Waals surface area (Å²) in [4.78, 5) is 29.9. The fraction of sp³-hybridized carbons (Fsp3) is 0.588. The van der Waals surface area contributed by atoms with E-state index in [1.54, 1.807) is 17.2 Å². The first kappa shape index (κ1) is 16.5. The minimum atomic E-state index is -0.772. The molecule has 130 valence electrons. The van der Waals surface area contributed by atoms with Gasteiger partial charge in [0.05, 0.1) is 12.0 Å². The van der Waals surface area contributed by atoms with Crippen LogP contribution in [-0.2, 0) is 11.3 Å². The molecule has 2 aliphatic rings. The normalized spacial score (nSPS) is 25.4. The number of likely N-dealkylation sites (tertiary alicyclic amines) is 1. The van der Waals surface area contributed by atoms with Crippen LogP contribution in [0.25, 0.3) is 0 Å². The van der Waals surface area contributed by atoms with Gasteiger partial charge in [-0.1, -0.05) is 12.5 Å². The van der Waals surface area contributed by atoms with Crippen molar-refractivity contribution >= 4 is 12.0 Å². The zero-order valence-corrected chi connectivity index (χ0v) is 13.8. The number of amides is 2. The van der Waals surface area contributed by atoms with Crippen molar-refractivity contribution in [2.75, 3.05) is 19.7 Å². The van der Waals surface area contributed by atoms with Crippen molar-refractivity contribution in [2.45, 2.75) is 32.7 Å². The van der Waals surface area contributed by atoms with E-state index < -0.39 is 11.4 Å². The number of aliphatic carboxylic acids is 1. The van der Waals surface area contributed by atoms with Crippen LogP contribution in [0.5, 0.6) is 5.88 Å². The molecule has 2 N–H and O–H groups in total. The molecule has 1 aromatic rings. The molecule has 0 aromatic carbocycles. The molecule has 7 heteroatoms. The highest BCUT2D eigenvalue weighted by atomic mass is 16.5. The van der Waals surface area contributed by atoms with Crippen molar-refractivity contribution in [3.8, 4) is 5.88 Å². The summed E-state index contributed by atoms with van der Waals surface area (Å²) in [7, 11) is 0. The first-order valence-electron chi connectivity index (χ1n) is 8.39. The molecule has 0 spiro atoms. The van der Waals surface area contributed by atoms with E-state index >= 15 is 0 Å². The van der Waals surface area contributed by atoms with Crippen LogP contribution in [0.3, 0.4) is 0 Å². The zero-order valence-electron chi connectivity index (χ0n) is 13.8. The first-order chi connectivity index (χ1) is 11.6. The van der Waals surface area contributed by atoms with Crippen molar-refractivity contribution < 1.29 is 19.4 Å². The summed E-state index contributed by atoms with van der Waals surface area (Å²) >= 11 is 0. The van der Waals surface area contributed by atoms with Crippen LogP contribution in [0.15, 0.2) is 18.3 Å². The van der Waals surface area contributed by atoms with Crippen molar-refractivity contribution in [1.29, 1.82) is 0 Å². The van der Waals surface area contributed by atoms with Gasteiger partial charge >= 0.3 is 12.0 Å². The Morgan fingerprint density at radius 2 is 2.38 bits per heavy atom. The number of nitrogens with zero attached hydrogens (tertiary/aromatic N) is 2. The average molecular weight is 333 g/mol. The standard InChI is InChI=1S/C17H23N3O4/c1-2-24-14-12(5-4-8-18-14)9-19-16(23)20-10-13-6-3-7-17(13,11-20)15(21)22/h4-5,8,13H,2-3,6-7,9-11H2,1H3,(H,19,23)(H,21,22)/t13-,17+/m0/s1. The van der Waals surface area contributed by atoms with E-state index in [-0.39, 0.29) is 11.9 Å². The number of rotatable bonds is 5. The van der Waals surface area contributed by atoms with E-state index in [1.807, 2.05) is 13.0 Å². The molecule has 7 nitrogen and oxygen atoms in total. The predicted octanol–water partition coefficient (Wildman–Crippen LogP) is 1.88. The van der Waals surface area contributed by atoms with E-state index in [0.29, 0.717) is 38.5 Å². The van der Waals surface area contributed by atoms with Crippen LogP contribution in [0.2, 0.25) is 0 Å². The number of aromatic nitrogens is 1. The molecular formula is C17H23N3O4. The Balaban J connectivity index is 1.62. The lowest BCUT2D eigenvalue weighted by Crippen LogP contribution is -2.41. The number of ether oxygens (including phenoxy) is 1. The molecule has 2 fully saturated rings. The number of urea groups is 1. The number of carbonyl (C=O) groups excluding carboxylic acids is 1. The van der Waals surface area contributed by atoms with Crippen LogP contribution in [-0.4, -0.2) is 46.7 Å². The maximum absolute atomic E-state index is 12.4. The maximum atomic E-state index is 12.4. The van der Waals surface area contributed by atoms with Gasteiger partial charge in [-0.05, 0) is 31.7 Å². The average Bonchev–Trinajstić information content (AvgIpc) is 3.12. The summed E-state index contributed by atoms with van der Waals surface area (Å²) in [6.07, 6.45) is 4.12. The van der Waals surface area contributed by atoms with E-state index in [9.17, 15) is 14.7 Å². The Morgan fingerprint density at radius 1 is 1.54 bits per heavy atom. The topological polar surface area (TPSA) is 91.8 Å². The molecule has 24 heavy (non-hydrogen) atoms. The number of pyridine rings is 1. The number of fused-ring (bicyclic) bond motifs is 1. The smallest absolute Gasteiger partial charge is 0.317 e. The summed E-state index contributed by atoms with van der Waals surface area (Å²) in [5.74, 6) is -0.190.